The van der Waals surface area contributed by atoms with E-state index in [1.165, 1.54) is 18.2 Å². The second kappa shape index (κ2) is 7.07. The molecule has 2 N–H and O–H groups in total. The van der Waals surface area contributed by atoms with Gasteiger partial charge in [0.2, 0.25) is 5.91 Å². The second-order valence-electron chi connectivity index (χ2n) is 4.30. The first kappa shape index (κ1) is 17.0. The van der Waals surface area contributed by atoms with Crippen LogP contribution in [0.4, 0.5) is 18.9 Å². The first-order valence-electron chi connectivity index (χ1n) is 5.97. The fraction of sp³-hybridized carbons (Fsp3) is 0.385. The van der Waals surface area contributed by atoms with Crippen molar-refractivity contribution in [3.63, 3.8) is 0 Å². The molecule has 0 aromatic heterocycles. The number of halogens is 3. The van der Waals surface area contributed by atoms with Crippen LogP contribution in [-0.2, 0) is 9.53 Å². The van der Waals surface area contributed by atoms with Gasteiger partial charge in [-0.25, -0.2) is 4.79 Å². The summed E-state index contributed by atoms with van der Waals surface area (Å²) in [6, 6.07) is 4.14. The Hall–Kier alpha value is -2.09. The first-order valence-corrected chi connectivity index (χ1v) is 5.97. The summed E-state index contributed by atoms with van der Waals surface area (Å²) in [4.78, 5) is 22.3. The van der Waals surface area contributed by atoms with E-state index in [1.807, 2.05) is 0 Å². The van der Waals surface area contributed by atoms with Gasteiger partial charge in [0.1, 0.15) is 6.61 Å². The number of hydrogen-bond donors (Lipinski definition) is 2. The van der Waals surface area contributed by atoms with Crippen molar-refractivity contribution < 1.29 is 32.6 Å². The maximum Gasteiger partial charge on any atom is 0.411 e. The molecule has 0 saturated carbocycles. The van der Waals surface area contributed by atoms with Crippen LogP contribution in [0.25, 0.3) is 0 Å². The van der Waals surface area contributed by atoms with E-state index in [0.29, 0.717) is 11.3 Å². The van der Waals surface area contributed by atoms with Crippen molar-refractivity contribution in [2.24, 2.45) is 0 Å². The molecule has 1 amide bonds. The molecular formula is C13H14F3NO4. The molecule has 0 aliphatic carbocycles. The molecule has 0 spiro atoms. The van der Waals surface area contributed by atoms with Gasteiger partial charge in [-0.1, -0.05) is 0 Å². The Balaban J connectivity index is 2.46. The highest BCUT2D eigenvalue weighted by atomic mass is 19.4. The van der Waals surface area contributed by atoms with Gasteiger partial charge < -0.3 is 15.2 Å². The number of benzene rings is 1. The molecule has 0 saturated heterocycles. The fourth-order valence-electron chi connectivity index (χ4n) is 1.50. The van der Waals surface area contributed by atoms with E-state index in [-0.39, 0.29) is 18.6 Å². The third-order valence-corrected chi connectivity index (χ3v) is 2.49. The zero-order valence-corrected chi connectivity index (χ0v) is 11.2. The van der Waals surface area contributed by atoms with Gasteiger partial charge in [0.15, 0.2) is 0 Å². The predicted molar refractivity (Wildman–Crippen MR) is 68.3 cm³/mol. The Morgan fingerprint density at radius 3 is 2.52 bits per heavy atom. The van der Waals surface area contributed by atoms with Gasteiger partial charge in [-0.05, 0) is 30.7 Å². The van der Waals surface area contributed by atoms with Crippen molar-refractivity contribution in [3.8, 4) is 0 Å². The maximum atomic E-state index is 11.8. The van der Waals surface area contributed by atoms with E-state index in [2.05, 4.69) is 10.1 Å². The molecule has 21 heavy (non-hydrogen) atoms. The lowest BCUT2D eigenvalue weighted by Gasteiger charge is -2.10. The van der Waals surface area contributed by atoms with Gasteiger partial charge in [0.05, 0.1) is 18.6 Å². The number of aryl methyl sites for hydroxylation is 1. The van der Waals surface area contributed by atoms with Crippen LogP contribution in [0.15, 0.2) is 18.2 Å². The number of hydrogen-bond acceptors (Lipinski definition) is 3. The van der Waals surface area contributed by atoms with Gasteiger partial charge in [0, 0.05) is 5.69 Å². The van der Waals surface area contributed by atoms with Crippen LogP contribution in [0.2, 0.25) is 0 Å². The molecule has 1 rings (SSSR count). The van der Waals surface area contributed by atoms with Crippen LogP contribution in [0.1, 0.15) is 22.3 Å². The highest BCUT2D eigenvalue weighted by Crippen LogP contribution is 2.17. The van der Waals surface area contributed by atoms with Crippen LogP contribution in [0, 0.1) is 6.92 Å². The molecule has 0 radical (unpaired) electrons. The molecule has 0 aliphatic heterocycles. The molecular weight excluding hydrogens is 291 g/mol. The van der Waals surface area contributed by atoms with Crippen molar-refractivity contribution in [2.75, 3.05) is 18.5 Å². The number of carboxylic acids is 1. The SMILES string of the molecule is Cc1cc(C(=O)O)ccc1NC(=O)CCOCC(F)(F)F. The Bertz CT molecular complexity index is 529. The number of alkyl halides is 3. The highest BCUT2D eigenvalue weighted by molar-refractivity contribution is 5.93. The Kier molecular flexibility index (Phi) is 5.71. The Morgan fingerprint density at radius 2 is 2.00 bits per heavy atom. The minimum atomic E-state index is -4.42. The molecule has 0 unspecified atom stereocenters. The number of carbonyl (C=O) groups is 2. The number of carbonyl (C=O) groups excluding carboxylic acids is 1. The molecule has 1 aromatic carbocycles. The molecule has 1 aromatic rings. The van der Waals surface area contributed by atoms with Gasteiger partial charge in [-0.3, -0.25) is 4.79 Å². The van der Waals surface area contributed by atoms with Crippen molar-refractivity contribution in [2.45, 2.75) is 19.5 Å². The summed E-state index contributed by atoms with van der Waals surface area (Å²) in [5, 5.41) is 11.3. The van der Waals surface area contributed by atoms with Crippen molar-refractivity contribution >= 4 is 17.6 Å². The van der Waals surface area contributed by atoms with Gasteiger partial charge in [0.25, 0.3) is 0 Å². The highest BCUT2D eigenvalue weighted by Gasteiger charge is 2.27. The van der Waals surface area contributed by atoms with E-state index in [9.17, 15) is 22.8 Å². The van der Waals surface area contributed by atoms with Crippen LogP contribution in [0.5, 0.6) is 0 Å². The molecule has 0 bridgehead atoms. The standard InChI is InChI=1S/C13H14F3NO4/c1-8-6-9(12(19)20)2-3-10(8)17-11(18)4-5-21-7-13(14,15)16/h2-3,6H,4-5,7H2,1H3,(H,17,18)(H,19,20). The van der Waals surface area contributed by atoms with E-state index < -0.39 is 24.7 Å². The molecule has 0 atom stereocenters. The van der Waals surface area contributed by atoms with Crippen LogP contribution in [-0.4, -0.2) is 36.4 Å². The topological polar surface area (TPSA) is 75.6 Å². The van der Waals surface area contributed by atoms with E-state index in [1.54, 1.807) is 6.92 Å². The second-order valence-corrected chi connectivity index (χ2v) is 4.30. The number of amides is 1. The molecule has 116 valence electrons. The Labute approximate surface area is 118 Å². The molecule has 0 heterocycles. The average molecular weight is 305 g/mol. The van der Waals surface area contributed by atoms with Crippen LogP contribution >= 0.6 is 0 Å². The average Bonchev–Trinajstić information content (AvgIpc) is 2.36. The van der Waals surface area contributed by atoms with Crippen molar-refractivity contribution in [3.05, 3.63) is 29.3 Å². The van der Waals surface area contributed by atoms with Crippen LogP contribution < -0.4 is 5.32 Å². The zero-order chi connectivity index (χ0) is 16.0. The molecule has 5 nitrogen and oxygen atoms in total. The summed E-state index contributed by atoms with van der Waals surface area (Å²) in [6.07, 6.45) is -4.64. The lowest BCUT2D eigenvalue weighted by molar-refractivity contribution is -0.174. The summed E-state index contributed by atoms with van der Waals surface area (Å²) in [5.74, 6) is -1.60. The first-order chi connectivity index (χ1) is 9.69. The summed E-state index contributed by atoms with van der Waals surface area (Å²) in [7, 11) is 0. The minimum absolute atomic E-state index is 0.0824. The normalized spacial score (nSPS) is 11.2. The lowest BCUT2D eigenvalue weighted by Crippen LogP contribution is -2.20. The molecule has 8 heteroatoms. The Morgan fingerprint density at radius 1 is 1.33 bits per heavy atom. The number of ether oxygens (including phenoxy) is 1. The summed E-state index contributed by atoms with van der Waals surface area (Å²) < 4.78 is 39.8. The number of nitrogens with one attached hydrogen (secondary N) is 1. The van der Waals surface area contributed by atoms with Gasteiger partial charge in [-0.15, -0.1) is 0 Å². The van der Waals surface area contributed by atoms with E-state index in [4.69, 9.17) is 5.11 Å². The summed E-state index contributed by atoms with van der Waals surface area (Å²) in [5.41, 5.74) is 1.03. The van der Waals surface area contributed by atoms with E-state index >= 15 is 0 Å². The third-order valence-electron chi connectivity index (χ3n) is 2.49. The lowest BCUT2D eigenvalue weighted by atomic mass is 10.1. The minimum Gasteiger partial charge on any atom is -0.478 e. The zero-order valence-electron chi connectivity index (χ0n) is 11.2. The quantitative estimate of drug-likeness (QED) is 0.792. The summed E-state index contributed by atoms with van der Waals surface area (Å²) in [6.45, 7) is -0.133. The largest absolute Gasteiger partial charge is 0.478 e. The fourth-order valence-corrected chi connectivity index (χ4v) is 1.50. The monoisotopic (exact) mass is 305 g/mol. The van der Waals surface area contributed by atoms with Crippen LogP contribution in [0.3, 0.4) is 0 Å². The van der Waals surface area contributed by atoms with E-state index in [0.717, 1.165) is 0 Å². The third kappa shape index (κ3) is 6.26. The summed E-state index contributed by atoms with van der Waals surface area (Å²) >= 11 is 0. The molecule has 0 aliphatic rings. The van der Waals surface area contributed by atoms with Gasteiger partial charge in [-0.2, -0.15) is 13.2 Å². The van der Waals surface area contributed by atoms with Crippen molar-refractivity contribution in [1.82, 2.24) is 0 Å². The maximum absolute atomic E-state index is 11.8. The van der Waals surface area contributed by atoms with Gasteiger partial charge >= 0.3 is 12.1 Å². The predicted octanol–water partition coefficient (Wildman–Crippen LogP) is 2.60. The molecule has 0 fully saturated rings. The number of anilines is 1. The number of carboxylic acid groups (broad SMARTS) is 1. The number of rotatable bonds is 6. The number of aromatic carboxylic acids is 1. The smallest absolute Gasteiger partial charge is 0.411 e. The van der Waals surface area contributed by atoms with Crippen molar-refractivity contribution in [1.29, 1.82) is 0 Å².